The van der Waals surface area contributed by atoms with Crippen LogP contribution in [0.1, 0.15) is 36.1 Å². The summed E-state index contributed by atoms with van der Waals surface area (Å²) in [5, 5.41) is 7.52. The normalized spacial score (nSPS) is 11.3. The molecule has 0 aliphatic rings. The van der Waals surface area contributed by atoms with Gasteiger partial charge in [0.15, 0.2) is 5.13 Å². The first-order valence-corrected chi connectivity index (χ1v) is 7.69. The van der Waals surface area contributed by atoms with Crippen molar-refractivity contribution in [3.63, 3.8) is 0 Å². The highest BCUT2D eigenvalue weighted by Gasteiger charge is 2.17. The van der Waals surface area contributed by atoms with Gasteiger partial charge in [-0.15, -0.1) is 0 Å². The van der Waals surface area contributed by atoms with Crippen molar-refractivity contribution in [2.75, 3.05) is 5.32 Å². The molecule has 7 heteroatoms. The van der Waals surface area contributed by atoms with E-state index >= 15 is 0 Å². The fourth-order valence-corrected chi connectivity index (χ4v) is 3.08. The molecule has 1 amide bonds. The van der Waals surface area contributed by atoms with Crippen molar-refractivity contribution in [2.45, 2.75) is 26.8 Å². The van der Waals surface area contributed by atoms with Crippen LogP contribution in [-0.2, 0) is 0 Å². The maximum Gasteiger partial charge on any atom is 0.275 e. The number of carbonyl (C=O) groups excluding carboxylic acids is 1. The summed E-state index contributed by atoms with van der Waals surface area (Å²) in [6, 6.07) is 6.18. The number of amides is 1. The molecular formula is C15H15FN4OS. The molecule has 0 aliphatic carbocycles. The van der Waals surface area contributed by atoms with Crippen LogP contribution in [0.2, 0.25) is 0 Å². The van der Waals surface area contributed by atoms with E-state index in [-0.39, 0.29) is 17.8 Å². The fourth-order valence-electron chi connectivity index (χ4n) is 2.19. The summed E-state index contributed by atoms with van der Waals surface area (Å²) in [5.74, 6) is -0.587. The third kappa shape index (κ3) is 2.71. The van der Waals surface area contributed by atoms with Crippen molar-refractivity contribution in [1.82, 2.24) is 14.8 Å². The van der Waals surface area contributed by atoms with Crippen molar-refractivity contribution >= 4 is 32.6 Å². The zero-order chi connectivity index (χ0) is 15.9. The fraction of sp³-hybridized carbons (Fsp3) is 0.267. The monoisotopic (exact) mass is 318 g/mol. The van der Waals surface area contributed by atoms with Gasteiger partial charge in [0.25, 0.3) is 5.91 Å². The smallest absolute Gasteiger partial charge is 0.275 e. The highest BCUT2D eigenvalue weighted by Crippen LogP contribution is 2.27. The quantitative estimate of drug-likeness (QED) is 0.799. The van der Waals surface area contributed by atoms with Gasteiger partial charge in [0, 0.05) is 6.04 Å². The molecular weight excluding hydrogens is 303 g/mol. The van der Waals surface area contributed by atoms with E-state index in [0.29, 0.717) is 21.0 Å². The Morgan fingerprint density at radius 1 is 1.36 bits per heavy atom. The van der Waals surface area contributed by atoms with Gasteiger partial charge in [-0.1, -0.05) is 11.3 Å². The Labute approximate surface area is 130 Å². The first-order chi connectivity index (χ1) is 10.4. The number of benzene rings is 1. The average Bonchev–Trinajstić information content (AvgIpc) is 3.01. The van der Waals surface area contributed by atoms with Gasteiger partial charge in [0.05, 0.1) is 15.9 Å². The third-order valence-corrected chi connectivity index (χ3v) is 4.08. The minimum Gasteiger partial charge on any atom is -0.296 e. The molecule has 1 aromatic carbocycles. The van der Waals surface area contributed by atoms with E-state index in [1.54, 1.807) is 16.8 Å². The number of hydrogen-bond acceptors (Lipinski definition) is 4. The summed E-state index contributed by atoms with van der Waals surface area (Å²) in [6.45, 7) is 5.77. The van der Waals surface area contributed by atoms with Gasteiger partial charge in [-0.25, -0.2) is 9.37 Å². The molecule has 0 spiro atoms. The van der Waals surface area contributed by atoms with Crippen LogP contribution in [0.3, 0.4) is 0 Å². The zero-order valence-electron chi connectivity index (χ0n) is 12.4. The van der Waals surface area contributed by atoms with Gasteiger partial charge in [0.2, 0.25) is 0 Å². The van der Waals surface area contributed by atoms with E-state index in [1.165, 1.54) is 23.5 Å². The van der Waals surface area contributed by atoms with Gasteiger partial charge in [-0.3, -0.25) is 14.8 Å². The summed E-state index contributed by atoms with van der Waals surface area (Å²) in [6.07, 6.45) is 0. The maximum atomic E-state index is 13.2. The minimum absolute atomic E-state index is 0.0823. The second-order valence-electron chi connectivity index (χ2n) is 5.29. The standard InChI is InChI=1S/C15H15FN4OS/c1-8(2)20-12(6-9(3)19-20)14(21)18-15-17-11-5-4-10(16)7-13(11)22-15/h4-8H,1-3H3,(H,17,18,21). The van der Waals surface area contributed by atoms with Gasteiger partial charge < -0.3 is 0 Å². The van der Waals surface area contributed by atoms with Crippen molar-refractivity contribution < 1.29 is 9.18 Å². The van der Waals surface area contributed by atoms with Gasteiger partial charge >= 0.3 is 0 Å². The molecule has 114 valence electrons. The molecule has 5 nitrogen and oxygen atoms in total. The zero-order valence-corrected chi connectivity index (χ0v) is 13.2. The largest absolute Gasteiger partial charge is 0.296 e. The van der Waals surface area contributed by atoms with Crippen LogP contribution in [0.5, 0.6) is 0 Å². The van der Waals surface area contributed by atoms with Crippen LogP contribution in [0, 0.1) is 12.7 Å². The maximum absolute atomic E-state index is 13.2. The summed E-state index contributed by atoms with van der Waals surface area (Å²) in [5.41, 5.74) is 1.93. The Balaban J connectivity index is 1.89. The third-order valence-electron chi connectivity index (χ3n) is 3.15. The van der Waals surface area contributed by atoms with Crippen molar-refractivity contribution in [1.29, 1.82) is 0 Å². The lowest BCUT2D eigenvalue weighted by molar-refractivity contribution is 0.101. The van der Waals surface area contributed by atoms with E-state index in [0.717, 1.165) is 5.69 Å². The lowest BCUT2D eigenvalue weighted by atomic mass is 10.3. The number of nitrogens with zero attached hydrogens (tertiary/aromatic N) is 3. The molecule has 0 saturated carbocycles. The molecule has 1 N–H and O–H groups in total. The molecule has 2 aromatic heterocycles. The SMILES string of the molecule is Cc1cc(C(=O)Nc2nc3ccc(F)cc3s2)n(C(C)C)n1. The van der Waals surface area contributed by atoms with E-state index in [9.17, 15) is 9.18 Å². The molecule has 3 aromatic rings. The number of hydrogen-bond donors (Lipinski definition) is 1. The average molecular weight is 318 g/mol. The van der Waals surface area contributed by atoms with E-state index in [1.807, 2.05) is 20.8 Å². The predicted octanol–water partition coefficient (Wildman–Crippen LogP) is 3.77. The van der Waals surface area contributed by atoms with E-state index < -0.39 is 0 Å². The number of halogens is 1. The Morgan fingerprint density at radius 2 is 2.14 bits per heavy atom. The first-order valence-electron chi connectivity index (χ1n) is 6.87. The number of carbonyl (C=O) groups is 1. The van der Waals surface area contributed by atoms with Crippen LogP contribution in [0.4, 0.5) is 9.52 Å². The molecule has 0 fully saturated rings. The highest BCUT2D eigenvalue weighted by molar-refractivity contribution is 7.22. The lowest BCUT2D eigenvalue weighted by Crippen LogP contribution is -2.18. The molecule has 22 heavy (non-hydrogen) atoms. The van der Waals surface area contributed by atoms with Crippen LogP contribution in [-0.4, -0.2) is 20.7 Å². The number of thiazole rings is 1. The van der Waals surface area contributed by atoms with Crippen LogP contribution >= 0.6 is 11.3 Å². The number of rotatable bonds is 3. The molecule has 0 atom stereocenters. The molecule has 0 bridgehead atoms. The lowest BCUT2D eigenvalue weighted by Gasteiger charge is -2.09. The topological polar surface area (TPSA) is 59.8 Å². The Morgan fingerprint density at radius 3 is 2.86 bits per heavy atom. The summed E-state index contributed by atoms with van der Waals surface area (Å²) in [7, 11) is 0. The Hall–Kier alpha value is -2.28. The van der Waals surface area contributed by atoms with Crippen LogP contribution in [0.15, 0.2) is 24.3 Å². The molecule has 3 rings (SSSR count). The van der Waals surface area contributed by atoms with Crippen molar-refractivity contribution in [3.8, 4) is 0 Å². The van der Waals surface area contributed by atoms with Crippen LogP contribution in [0.25, 0.3) is 10.2 Å². The van der Waals surface area contributed by atoms with Crippen LogP contribution < -0.4 is 5.32 Å². The molecule has 0 unspecified atom stereocenters. The molecule has 2 heterocycles. The van der Waals surface area contributed by atoms with Crippen molar-refractivity contribution in [2.24, 2.45) is 0 Å². The predicted molar refractivity (Wildman–Crippen MR) is 84.9 cm³/mol. The Kier molecular flexibility index (Phi) is 3.66. The van der Waals surface area contributed by atoms with Crippen molar-refractivity contribution in [3.05, 3.63) is 41.5 Å². The number of anilines is 1. The van der Waals surface area contributed by atoms with Gasteiger partial charge in [-0.05, 0) is 45.0 Å². The number of fused-ring (bicyclic) bond motifs is 1. The van der Waals surface area contributed by atoms with Gasteiger partial charge in [0.1, 0.15) is 11.5 Å². The molecule has 0 saturated heterocycles. The molecule has 0 radical (unpaired) electrons. The number of aromatic nitrogens is 3. The first kappa shape index (κ1) is 14.6. The second-order valence-corrected chi connectivity index (χ2v) is 6.33. The summed E-state index contributed by atoms with van der Waals surface area (Å²) in [4.78, 5) is 16.7. The second kappa shape index (κ2) is 5.49. The minimum atomic E-state index is -0.317. The van der Waals surface area contributed by atoms with E-state index in [2.05, 4.69) is 15.4 Å². The van der Waals surface area contributed by atoms with Gasteiger partial charge in [-0.2, -0.15) is 5.10 Å². The molecule has 0 aliphatic heterocycles. The van der Waals surface area contributed by atoms with E-state index in [4.69, 9.17) is 0 Å². The number of nitrogens with one attached hydrogen (secondary N) is 1. The summed E-state index contributed by atoms with van der Waals surface area (Å²) >= 11 is 1.24. The summed E-state index contributed by atoms with van der Waals surface area (Å²) < 4.78 is 15.6. The number of aryl methyl sites for hydroxylation is 1. The Bertz CT molecular complexity index is 852. The highest BCUT2D eigenvalue weighted by atomic mass is 32.1.